The second-order valence-electron chi connectivity index (χ2n) is 6.97. The molecular formula is C19H25N4O2S2+. The minimum Gasteiger partial charge on any atom is -0.335 e. The van der Waals surface area contributed by atoms with E-state index in [1.165, 1.54) is 27.1 Å². The number of hydrogen-bond acceptors (Lipinski definition) is 5. The Morgan fingerprint density at radius 2 is 1.96 bits per heavy atom. The Balaban J connectivity index is 1.53. The van der Waals surface area contributed by atoms with Gasteiger partial charge in [-0.2, -0.15) is 0 Å². The van der Waals surface area contributed by atoms with Gasteiger partial charge < -0.3 is 4.90 Å². The number of thiocarbonyl (C=S) groups is 1. The molecule has 6 nitrogen and oxygen atoms in total. The van der Waals surface area contributed by atoms with E-state index in [0.717, 1.165) is 31.7 Å². The molecule has 2 saturated heterocycles. The van der Waals surface area contributed by atoms with E-state index in [4.69, 9.17) is 12.2 Å². The lowest BCUT2D eigenvalue weighted by molar-refractivity contribution is -0.884. The normalized spacial score (nSPS) is 20.5. The van der Waals surface area contributed by atoms with Crippen LogP contribution >= 0.6 is 24.0 Å². The van der Waals surface area contributed by atoms with Crippen LogP contribution in [0.5, 0.6) is 0 Å². The van der Waals surface area contributed by atoms with Crippen LogP contribution < -0.4 is 10.3 Å². The molecule has 0 unspecified atom stereocenters. The number of amides is 2. The maximum Gasteiger partial charge on any atom is 0.266 e. The fourth-order valence-electron chi connectivity index (χ4n) is 2.95. The first kappa shape index (κ1) is 20.0. The summed E-state index contributed by atoms with van der Waals surface area (Å²) < 4.78 is 0.509. The summed E-state index contributed by atoms with van der Waals surface area (Å²) in [5, 5.41) is 1.96. The van der Waals surface area contributed by atoms with E-state index in [2.05, 4.69) is 12.5 Å². The van der Waals surface area contributed by atoms with E-state index in [1.807, 2.05) is 42.3 Å². The van der Waals surface area contributed by atoms with Crippen molar-refractivity contribution in [2.45, 2.75) is 13.3 Å². The molecule has 2 N–H and O–H groups in total. The van der Waals surface area contributed by atoms with E-state index < -0.39 is 0 Å². The van der Waals surface area contributed by atoms with E-state index in [9.17, 15) is 9.59 Å². The summed E-state index contributed by atoms with van der Waals surface area (Å²) in [5.74, 6) is -0.201. The Bertz CT molecular complexity index is 755. The molecule has 0 radical (unpaired) electrons. The van der Waals surface area contributed by atoms with Gasteiger partial charge in [-0.15, -0.1) is 0 Å². The van der Waals surface area contributed by atoms with Crippen LogP contribution in [-0.4, -0.2) is 65.8 Å². The molecule has 2 heterocycles. The maximum atomic E-state index is 12.6. The Labute approximate surface area is 169 Å². The average molecular weight is 406 g/mol. The molecule has 0 aliphatic carbocycles. The van der Waals surface area contributed by atoms with E-state index in [1.54, 1.807) is 0 Å². The van der Waals surface area contributed by atoms with Gasteiger partial charge in [0.25, 0.3) is 5.91 Å². The molecular weight excluding hydrogens is 380 g/mol. The Morgan fingerprint density at radius 3 is 2.63 bits per heavy atom. The highest BCUT2D eigenvalue weighted by Crippen LogP contribution is 2.32. The van der Waals surface area contributed by atoms with Crippen molar-refractivity contribution in [1.82, 2.24) is 15.3 Å². The number of benzene rings is 1. The number of nitrogens with zero attached hydrogens (tertiary/aromatic N) is 2. The van der Waals surface area contributed by atoms with Crippen LogP contribution in [0.2, 0.25) is 0 Å². The molecule has 2 fully saturated rings. The van der Waals surface area contributed by atoms with Gasteiger partial charge in [-0.3, -0.25) is 19.9 Å². The van der Waals surface area contributed by atoms with Crippen molar-refractivity contribution in [3.63, 3.8) is 0 Å². The van der Waals surface area contributed by atoms with Gasteiger partial charge >= 0.3 is 0 Å². The number of hydrogen-bond donors (Lipinski definition) is 2. The molecule has 0 spiro atoms. The lowest BCUT2D eigenvalue weighted by atomic mass is 10.1. The zero-order valence-corrected chi connectivity index (χ0v) is 17.3. The molecule has 0 bridgehead atoms. The smallest absolute Gasteiger partial charge is 0.266 e. The minimum atomic E-state index is -0.124. The van der Waals surface area contributed by atoms with Crippen LogP contribution in [0, 0.1) is 6.92 Å². The lowest BCUT2D eigenvalue weighted by Gasteiger charge is -2.30. The van der Waals surface area contributed by atoms with Gasteiger partial charge in [0.2, 0.25) is 5.91 Å². The molecule has 2 amide bonds. The van der Waals surface area contributed by atoms with Gasteiger partial charge in [0.1, 0.15) is 4.32 Å². The number of hydrazine groups is 1. The monoisotopic (exact) mass is 405 g/mol. The maximum absolute atomic E-state index is 12.6. The van der Waals surface area contributed by atoms with E-state index >= 15 is 0 Å². The zero-order chi connectivity index (χ0) is 19.4. The molecule has 8 heteroatoms. The molecule has 0 atom stereocenters. The number of aryl methyl sites for hydroxylation is 1. The van der Waals surface area contributed by atoms with Crippen molar-refractivity contribution < 1.29 is 14.5 Å². The molecule has 2 aliphatic rings. The number of carbonyl (C=O) groups is 2. The fraction of sp³-hybridized carbons (Fsp3) is 0.421. The third-order valence-corrected chi connectivity index (χ3v) is 6.09. The summed E-state index contributed by atoms with van der Waals surface area (Å²) in [7, 11) is 2.15. The Kier molecular flexibility index (Phi) is 6.64. The first-order valence-electron chi connectivity index (χ1n) is 9.10. The van der Waals surface area contributed by atoms with Crippen molar-refractivity contribution in [3.05, 3.63) is 40.3 Å². The predicted molar refractivity (Wildman–Crippen MR) is 112 cm³/mol. The molecule has 3 rings (SSSR count). The van der Waals surface area contributed by atoms with Crippen LogP contribution in [0.3, 0.4) is 0 Å². The zero-order valence-electron chi connectivity index (χ0n) is 15.7. The highest BCUT2D eigenvalue weighted by Gasteiger charge is 2.32. The SMILES string of the molecule is Cc1ccc(/C=C2\SC(=S)N(CCC(=O)NN3CC[NH+](C)CC3)C2=O)cc1. The number of quaternary nitrogens is 1. The Hall–Kier alpha value is -1.74. The van der Waals surface area contributed by atoms with Crippen molar-refractivity contribution in [1.29, 1.82) is 0 Å². The summed E-state index contributed by atoms with van der Waals surface area (Å²) in [4.78, 5) is 28.4. The molecule has 1 aromatic rings. The van der Waals surface area contributed by atoms with E-state index in [0.29, 0.717) is 15.8 Å². The first-order chi connectivity index (χ1) is 12.9. The highest BCUT2D eigenvalue weighted by molar-refractivity contribution is 8.26. The topological polar surface area (TPSA) is 57.1 Å². The summed E-state index contributed by atoms with van der Waals surface area (Å²) in [6.07, 6.45) is 2.09. The predicted octanol–water partition coefficient (Wildman–Crippen LogP) is 0.448. The first-order valence-corrected chi connectivity index (χ1v) is 10.3. The largest absolute Gasteiger partial charge is 0.335 e. The van der Waals surface area contributed by atoms with Crippen molar-refractivity contribution in [2.24, 2.45) is 0 Å². The standard InChI is InChI=1S/C19H24N4O2S2/c1-14-3-5-15(6-4-14)13-16-18(25)23(19(26)27-16)8-7-17(24)20-22-11-9-21(2)10-12-22/h3-6,13H,7-12H2,1-2H3,(H,20,24)/p+1/b16-13-. The number of rotatable bonds is 5. The van der Waals surface area contributed by atoms with Crippen LogP contribution in [0.1, 0.15) is 17.5 Å². The second-order valence-corrected chi connectivity index (χ2v) is 8.65. The molecule has 27 heavy (non-hydrogen) atoms. The Morgan fingerprint density at radius 1 is 1.30 bits per heavy atom. The van der Waals surface area contributed by atoms with Gasteiger partial charge in [-0.1, -0.05) is 53.8 Å². The number of carbonyl (C=O) groups excluding carboxylic acids is 2. The van der Waals surface area contributed by atoms with Gasteiger partial charge in [0, 0.05) is 13.0 Å². The summed E-state index contributed by atoms with van der Waals surface area (Å²) in [6, 6.07) is 7.98. The van der Waals surface area contributed by atoms with Crippen molar-refractivity contribution in [2.75, 3.05) is 39.8 Å². The van der Waals surface area contributed by atoms with Gasteiger partial charge in [0.15, 0.2) is 0 Å². The third-order valence-electron chi connectivity index (χ3n) is 4.71. The van der Waals surface area contributed by atoms with Crippen molar-refractivity contribution in [3.8, 4) is 0 Å². The van der Waals surface area contributed by atoms with E-state index in [-0.39, 0.29) is 18.2 Å². The minimum absolute atomic E-state index is 0.0777. The van der Waals surface area contributed by atoms with Gasteiger partial charge in [-0.25, -0.2) is 5.01 Å². The van der Waals surface area contributed by atoms with Crippen molar-refractivity contribution >= 4 is 46.2 Å². The van der Waals surface area contributed by atoms with Crippen LogP contribution in [-0.2, 0) is 9.59 Å². The van der Waals surface area contributed by atoms with Crippen LogP contribution in [0.25, 0.3) is 6.08 Å². The van der Waals surface area contributed by atoms with Crippen LogP contribution in [0.15, 0.2) is 29.2 Å². The summed E-state index contributed by atoms with van der Waals surface area (Å²) in [5.41, 5.74) is 5.07. The lowest BCUT2D eigenvalue weighted by Crippen LogP contribution is -3.12. The summed E-state index contributed by atoms with van der Waals surface area (Å²) >= 11 is 6.63. The molecule has 0 aromatic heterocycles. The molecule has 144 valence electrons. The molecule has 0 saturated carbocycles. The third kappa shape index (κ3) is 5.38. The summed E-state index contributed by atoms with van der Waals surface area (Å²) in [6.45, 7) is 6.05. The average Bonchev–Trinajstić information content (AvgIpc) is 2.90. The fourth-order valence-corrected chi connectivity index (χ4v) is 4.26. The number of likely N-dealkylation sites (N-methyl/N-ethyl adjacent to an activating group) is 1. The second kappa shape index (κ2) is 8.97. The molecule has 2 aliphatic heterocycles. The molecule has 1 aromatic carbocycles. The quantitative estimate of drug-likeness (QED) is 0.550. The van der Waals surface area contributed by atoms with Gasteiger partial charge in [0.05, 0.1) is 38.1 Å². The number of piperazine rings is 1. The van der Waals surface area contributed by atoms with Crippen LogP contribution in [0.4, 0.5) is 0 Å². The van der Waals surface area contributed by atoms with Gasteiger partial charge in [-0.05, 0) is 18.6 Å². The number of thioether (sulfide) groups is 1. The highest BCUT2D eigenvalue weighted by atomic mass is 32.2. The number of nitrogens with one attached hydrogen (secondary N) is 2.